The second kappa shape index (κ2) is 13.2. The first kappa shape index (κ1) is 28.8. The quantitative estimate of drug-likeness (QED) is 0.248. The highest BCUT2D eigenvalue weighted by molar-refractivity contribution is 6.05. The molecule has 10 nitrogen and oxygen atoms in total. The van der Waals surface area contributed by atoms with Crippen molar-refractivity contribution >= 4 is 29.3 Å². The molecule has 204 valence electrons. The van der Waals surface area contributed by atoms with Gasteiger partial charge < -0.3 is 30.8 Å². The summed E-state index contributed by atoms with van der Waals surface area (Å²) >= 11 is 0. The zero-order chi connectivity index (χ0) is 27.7. The third-order valence-corrected chi connectivity index (χ3v) is 6.64. The molecule has 2 aromatic carbocycles. The summed E-state index contributed by atoms with van der Waals surface area (Å²) in [4.78, 5) is 40.7. The van der Waals surface area contributed by atoms with Crippen LogP contribution in [0.15, 0.2) is 47.5 Å². The number of ether oxygens (including phenoxy) is 3. The Morgan fingerprint density at radius 3 is 2.42 bits per heavy atom. The number of carbonyl (C=O) groups excluding carboxylic acids is 2. The predicted molar refractivity (Wildman–Crippen MR) is 142 cm³/mol. The number of fused-ring (bicyclic) bond motifs is 1. The lowest BCUT2D eigenvalue weighted by Gasteiger charge is -2.30. The van der Waals surface area contributed by atoms with E-state index in [-0.39, 0.29) is 26.1 Å². The smallest absolute Gasteiger partial charge is 0.323 e. The standard InChI is InChI=1S/C28H35N3O7/c1-18-28(17-25(32)33,22-16-21(36-2)10-11-24(22)31-18)20-8-6-19(7-9-20)15-26(34)37-13-14-38-27(35)23(30)5-3-4-12-29/h6-11,16,23H,3-5,12-15,17,29-30H2,1-2H3,(H,32,33). The van der Waals surface area contributed by atoms with Crippen molar-refractivity contribution in [2.24, 2.45) is 16.5 Å². The summed E-state index contributed by atoms with van der Waals surface area (Å²) < 4.78 is 15.6. The Morgan fingerprint density at radius 2 is 1.76 bits per heavy atom. The number of nitrogens with zero attached hydrogens (tertiary/aromatic N) is 1. The summed E-state index contributed by atoms with van der Waals surface area (Å²) in [6.07, 6.45) is 1.85. The van der Waals surface area contributed by atoms with Crippen molar-refractivity contribution in [2.45, 2.75) is 50.5 Å². The largest absolute Gasteiger partial charge is 0.497 e. The van der Waals surface area contributed by atoms with E-state index in [4.69, 9.17) is 25.7 Å². The normalized spacial score (nSPS) is 16.8. The van der Waals surface area contributed by atoms with Crippen LogP contribution in [-0.4, -0.2) is 61.6 Å². The fourth-order valence-corrected chi connectivity index (χ4v) is 4.62. The number of nitrogens with two attached hydrogens (primary N) is 2. The number of unbranched alkanes of at least 4 members (excludes halogenated alkanes) is 1. The molecular formula is C28H35N3O7. The van der Waals surface area contributed by atoms with Crippen LogP contribution in [-0.2, 0) is 35.7 Å². The molecule has 10 heteroatoms. The van der Waals surface area contributed by atoms with Gasteiger partial charge in [0.25, 0.3) is 0 Å². The van der Waals surface area contributed by atoms with Gasteiger partial charge >= 0.3 is 17.9 Å². The van der Waals surface area contributed by atoms with Gasteiger partial charge in [0.1, 0.15) is 25.0 Å². The van der Waals surface area contributed by atoms with Gasteiger partial charge in [0.2, 0.25) is 0 Å². The van der Waals surface area contributed by atoms with E-state index >= 15 is 0 Å². The molecule has 0 saturated carbocycles. The van der Waals surface area contributed by atoms with Gasteiger partial charge in [-0.25, -0.2) is 0 Å². The van der Waals surface area contributed by atoms with Gasteiger partial charge in [0.05, 0.1) is 31.1 Å². The van der Waals surface area contributed by atoms with Gasteiger partial charge in [-0.1, -0.05) is 30.7 Å². The third-order valence-electron chi connectivity index (χ3n) is 6.64. The Kier molecular flexibility index (Phi) is 9.98. The number of carboxylic acids is 1. The lowest BCUT2D eigenvalue weighted by Crippen LogP contribution is -2.35. The van der Waals surface area contributed by atoms with E-state index in [1.807, 2.05) is 31.2 Å². The van der Waals surface area contributed by atoms with Crippen LogP contribution in [0.2, 0.25) is 0 Å². The van der Waals surface area contributed by atoms with Gasteiger partial charge in [0, 0.05) is 5.71 Å². The van der Waals surface area contributed by atoms with E-state index in [1.54, 1.807) is 25.3 Å². The predicted octanol–water partition coefficient (Wildman–Crippen LogP) is 2.65. The van der Waals surface area contributed by atoms with Crippen molar-refractivity contribution in [1.82, 2.24) is 0 Å². The molecule has 1 aliphatic rings. The number of carbonyl (C=O) groups is 3. The fourth-order valence-electron chi connectivity index (χ4n) is 4.62. The van der Waals surface area contributed by atoms with Crippen molar-refractivity contribution in [3.63, 3.8) is 0 Å². The number of methoxy groups -OCH3 is 1. The first-order valence-electron chi connectivity index (χ1n) is 12.5. The molecule has 1 aliphatic heterocycles. The van der Waals surface area contributed by atoms with Crippen LogP contribution in [0.3, 0.4) is 0 Å². The molecule has 0 bridgehead atoms. The third kappa shape index (κ3) is 6.76. The van der Waals surface area contributed by atoms with E-state index < -0.39 is 29.4 Å². The average Bonchev–Trinajstić information content (AvgIpc) is 3.17. The van der Waals surface area contributed by atoms with E-state index in [2.05, 4.69) is 4.99 Å². The Labute approximate surface area is 222 Å². The number of hydrogen-bond donors (Lipinski definition) is 3. The Bertz CT molecular complexity index is 1180. The van der Waals surface area contributed by atoms with Crippen LogP contribution in [0.4, 0.5) is 5.69 Å². The van der Waals surface area contributed by atoms with E-state index in [0.717, 1.165) is 24.0 Å². The summed E-state index contributed by atoms with van der Waals surface area (Å²) in [5.74, 6) is -1.36. The number of hydrogen-bond acceptors (Lipinski definition) is 9. The van der Waals surface area contributed by atoms with E-state index in [1.165, 1.54) is 0 Å². The molecule has 1 heterocycles. The van der Waals surface area contributed by atoms with Crippen LogP contribution >= 0.6 is 0 Å². The van der Waals surface area contributed by atoms with E-state index in [0.29, 0.717) is 35.7 Å². The van der Waals surface area contributed by atoms with Crippen molar-refractivity contribution in [3.8, 4) is 5.75 Å². The van der Waals surface area contributed by atoms with Crippen molar-refractivity contribution < 1.29 is 33.7 Å². The fraction of sp³-hybridized carbons (Fsp3) is 0.429. The van der Waals surface area contributed by atoms with Gasteiger partial charge in [0.15, 0.2) is 0 Å². The topological polar surface area (TPSA) is 164 Å². The molecule has 0 aliphatic carbocycles. The second-order valence-corrected chi connectivity index (χ2v) is 9.21. The highest BCUT2D eigenvalue weighted by Gasteiger charge is 2.45. The Balaban J connectivity index is 1.61. The molecule has 5 N–H and O–H groups in total. The van der Waals surface area contributed by atoms with Gasteiger partial charge in [-0.15, -0.1) is 0 Å². The summed E-state index contributed by atoms with van der Waals surface area (Å²) in [7, 11) is 1.56. The Morgan fingerprint density at radius 1 is 1.05 bits per heavy atom. The number of benzene rings is 2. The summed E-state index contributed by atoms with van der Waals surface area (Å²) in [5.41, 5.74) is 13.8. The molecule has 3 rings (SSSR count). The molecule has 0 aromatic heterocycles. The molecule has 0 radical (unpaired) electrons. The monoisotopic (exact) mass is 525 g/mol. The van der Waals surface area contributed by atoms with Crippen LogP contribution in [0.5, 0.6) is 5.75 Å². The maximum absolute atomic E-state index is 12.3. The highest BCUT2D eigenvalue weighted by atomic mass is 16.6. The number of esters is 2. The Hall–Kier alpha value is -3.76. The SMILES string of the molecule is COc1ccc2c(c1)C(CC(=O)O)(c1ccc(CC(=O)OCCOC(=O)C(N)CCCCN)cc1)C(C)=N2. The summed E-state index contributed by atoms with van der Waals surface area (Å²) in [5, 5.41) is 9.77. The van der Waals surface area contributed by atoms with Crippen LogP contribution in [0.25, 0.3) is 0 Å². The number of aliphatic carboxylic acids is 1. The minimum absolute atomic E-state index is 0.0102. The first-order chi connectivity index (χ1) is 18.2. The average molecular weight is 526 g/mol. The lowest BCUT2D eigenvalue weighted by molar-refractivity contribution is -0.152. The van der Waals surface area contributed by atoms with Crippen molar-refractivity contribution in [3.05, 3.63) is 59.2 Å². The highest BCUT2D eigenvalue weighted by Crippen LogP contribution is 2.48. The van der Waals surface area contributed by atoms with Gasteiger partial charge in [-0.2, -0.15) is 0 Å². The van der Waals surface area contributed by atoms with E-state index in [9.17, 15) is 19.5 Å². The minimum atomic E-state index is -0.958. The maximum atomic E-state index is 12.3. The summed E-state index contributed by atoms with van der Waals surface area (Å²) in [6, 6.07) is 11.9. The molecule has 0 saturated heterocycles. The zero-order valence-electron chi connectivity index (χ0n) is 21.8. The van der Waals surface area contributed by atoms with Crippen molar-refractivity contribution in [2.75, 3.05) is 26.9 Å². The molecule has 2 atom stereocenters. The second-order valence-electron chi connectivity index (χ2n) is 9.21. The van der Waals surface area contributed by atoms with Crippen LogP contribution < -0.4 is 16.2 Å². The number of aliphatic imine (C=N–C) groups is 1. The van der Waals surface area contributed by atoms with Gasteiger partial charge in [-0.3, -0.25) is 19.4 Å². The maximum Gasteiger partial charge on any atom is 0.323 e. The molecular weight excluding hydrogens is 490 g/mol. The molecule has 2 aromatic rings. The zero-order valence-corrected chi connectivity index (χ0v) is 21.8. The van der Waals surface area contributed by atoms with Crippen LogP contribution in [0, 0.1) is 0 Å². The molecule has 0 fully saturated rings. The molecule has 0 spiro atoms. The molecule has 2 unspecified atom stereocenters. The van der Waals surface area contributed by atoms with Gasteiger partial charge in [-0.05, 0) is 61.2 Å². The first-order valence-corrected chi connectivity index (χ1v) is 12.5. The minimum Gasteiger partial charge on any atom is -0.497 e. The lowest BCUT2D eigenvalue weighted by atomic mass is 9.70. The molecule has 38 heavy (non-hydrogen) atoms. The van der Waals surface area contributed by atoms with Crippen LogP contribution in [0.1, 0.15) is 49.3 Å². The van der Waals surface area contributed by atoms with Crippen molar-refractivity contribution in [1.29, 1.82) is 0 Å². The summed E-state index contributed by atoms with van der Waals surface area (Å²) in [6.45, 7) is 2.21. The molecule has 0 amide bonds. The number of carboxylic acid groups (broad SMARTS) is 1. The number of rotatable bonds is 14.